The summed E-state index contributed by atoms with van der Waals surface area (Å²) in [5.41, 5.74) is 0. The molecule has 7 amide bonds. The quantitative estimate of drug-likeness (QED) is 0.497. The molecule has 11 nitrogen and oxygen atoms in total. The number of amides is 7. The lowest BCUT2D eigenvalue weighted by molar-refractivity contribution is -0.153. The van der Waals surface area contributed by atoms with E-state index in [1.807, 2.05) is 0 Å². The summed E-state index contributed by atoms with van der Waals surface area (Å²) in [6.07, 6.45) is -0.369. The minimum absolute atomic E-state index is 0.0534. The number of nitrogens with one attached hydrogen (secondary N) is 1. The molecular formula is C21H34N4O7. The summed E-state index contributed by atoms with van der Waals surface area (Å²) in [7, 11) is 0. The van der Waals surface area contributed by atoms with Crippen LogP contribution in [0.4, 0.5) is 0 Å². The van der Waals surface area contributed by atoms with Crippen LogP contribution in [0.1, 0.15) is 67.7 Å². The first-order chi connectivity index (χ1) is 14.7. The van der Waals surface area contributed by atoms with Gasteiger partial charge >= 0.3 is 0 Å². The van der Waals surface area contributed by atoms with Gasteiger partial charge in [0.05, 0.1) is 6.04 Å². The number of hydrogen-bond acceptors (Lipinski definition) is 7. The second kappa shape index (κ2) is 13.3. The van der Waals surface area contributed by atoms with Gasteiger partial charge < -0.3 is 5.32 Å². The first-order valence-electron chi connectivity index (χ1n) is 10.4. The van der Waals surface area contributed by atoms with Gasteiger partial charge in [-0.1, -0.05) is 6.92 Å². The minimum atomic E-state index is -0.744. The van der Waals surface area contributed by atoms with E-state index in [0.717, 1.165) is 14.7 Å². The smallest absolute Gasteiger partial charge is 0.229 e. The van der Waals surface area contributed by atoms with E-state index < -0.39 is 47.5 Å². The topological polar surface area (TPSA) is 141 Å². The highest BCUT2D eigenvalue weighted by molar-refractivity contribution is 5.99. The molecule has 180 valence electrons. The predicted molar refractivity (Wildman–Crippen MR) is 115 cm³/mol. The van der Waals surface area contributed by atoms with E-state index in [2.05, 4.69) is 5.32 Å². The maximum Gasteiger partial charge on any atom is 0.229 e. The van der Waals surface area contributed by atoms with Crippen molar-refractivity contribution >= 4 is 41.4 Å². The van der Waals surface area contributed by atoms with Crippen LogP contribution in [0.15, 0.2) is 0 Å². The molecule has 0 rings (SSSR count). The molecule has 0 aliphatic carbocycles. The molecule has 0 saturated carbocycles. The molecular weight excluding hydrogens is 420 g/mol. The van der Waals surface area contributed by atoms with Gasteiger partial charge in [-0.05, 0) is 13.3 Å². The van der Waals surface area contributed by atoms with Gasteiger partial charge in [0.2, 0.25) is 41.4 Å². The molecule has 2 unspecified atom stereocenters. The van der Waals surface area contributed by atoms with Crippen LogP contribution in [-0.4, -0.2) is 81.2 Å². The molecule has 0 bridgehead atoms. The van der Waals surface area contributed by atoms with Gasteiger partial charge in [0.25, 0.3) is 0 Å². The van der Waals surface area contributed by atoms with Crippen LogP contribution >= 0.6 is 0 Å². The summed E-state index contributed by atoms with van der Waals surface area (Å²) < 4.78 is 0. The fourth-order valence-corrected chi connectivity index (χ4v) is 3.26. The Hall–Kier alpha value is -3.11. The highest BCUT2D eigenvalue weighted by Gasteiger charge is 2.31. The normalized spacial score (nSPS) is 12.2. The van der Waals surface area contributed by atoms with Crippen molar-refractivity contribution in [1.29, 1.82) is 0 Å². The lowest BCUT2D eigenvalue weighted by Gasteiger charge is -2.32. The van der Waals surface area contributed by atoms with Crippen LogP contribution < -0.4 is 5.32 Å². The van der Waals surface area contributed by atoms with Crippen molar-refractivity contribution < 1.29 is 33.6 Å². The average Bonchev–Trinajstić information content (AvgIpc) is 2.65. The summed E-state index contributed by atoms with van der Waals surface area (Å²) in [6, 6.07) is -1.22. The van der Waals surface area contributed by atoms with Crippen LogP contribution in [-0.2, 0) is 33.6 Å². The number of imide groups is 3. The second-order valence-corrected chi connectivity index (χ2v) is 7.62. The molecule has 0 saturated heterocycles. The zero-order chi connectivity index (χ0) is 25.2. The fourth-order valence-electron chi connectivity index (χ4n) is 3.26. The molecule has 0 heterocycles. The van der Waals surface area contributed by atoms with Crippen molar-refractivity contribution in [3.63, 3.8) is 0 Å². The van der Waals surface area contributed by atoms with E-state index >= 15 is 0 Å². The second-order valence-electron chi connectivity index (χ2n) is 7.62. The Balaban J connectivity index is 5.35. The third-order valence-electron chi connectivity index (χ3n) is 4.74. The van der Waals surface area contributed by atoms with Crippen molar-refractivity contribution in [2.24, 2.45) is 0 Å². The van der Waals surface area contributed by atoms with E-state index in [9.17, 15) is 33.6 Å². The number of nitrogens with zero attached hydrogens (tertiary/aromatic N) is 3. The third-order valence-corrected chi connectivity index (χ3v) is 4.74. The maximum atomic E-state index is 12.8. The van der Waals surface area contributed by atoms with Crippen LogP contribution in [0.2, 0.25) is 0 Å². The first kappa shape index (κ1) is 28.9. The van der Waals surface area contributed by atoms with Gasteiger partial charge in [0, 0.05) is 66.6 Å². The van der Waals surface area contributed by atoms with Gasteiger partial charge in [0.1, 0.15) is 0 Å². The molecule has 1 N–H and O–H groups in total. The standard InChI is InChI=1S/C21H34N4O7/c1-8-19(12-23(15(4)27)16(5)28)25(18(7)30)21(32)10-9-20(31)24(17(6)29)11-13(2)22-14(3)26/h13,19H,8-12H2,1-7H3,(H,22,26). The fraction of sp³-hybridized carbons (Fsp3) is 0.667. The monoisotopic (exact) mass is 454 g/mol. The molecule has 0 aromatic heterocycles. The highest BCUT2D eigenvalue weighted by Crippen LogP contribution is 2.12. The minimum Gasteiger partial charge on any atom is -0.352 e. The lowest BCUT2D eigenvalue weighted by Crippen LogP contribution is -2.51. The molecule has 11 heteroatoms. The van der Waals surface area contributed by atoms with Crippen LogP contribution in [0.3, 0.4) is 0 Å². The molecule has 2 atom stereocenters. The Morgan fingerprint density at radius 1 is 0.688 bits per heavy atom. The first-order valence-corrected chi connectivity index (χ1v) is 10.4. The van der Waals surface area contributed by atoms with Crippen LogP contribution in [0, 0.1) is 0 Å². The van der Waals surface area contributed by atoms with Crippen LogP contribution in [0.25, 0.3) is 0 Å². The van der Waals surface area contributed by atoms with Crippen molar-refractivity contribution in [3.8, 4) is 0 Å². The zero-order valence-corrected chi connectivity index (χ0v) is 19.9. The van der Waals surface area contributed by atoms with E-state index in [0.29, 0.717) is 6.42 Å². The summed E-state index contributed by atoms with van der Waals surface area (Å²) in [5.74, 6) is -3.70. The Kier molecular flexibility index (Phi) is 12.0. The molecule has 32 heavy (non-hydrogen) atoms. The number of rotatable bonds is 10. The van der Waals surface area contributed by atoms with Crippen molar-refractivity contribution in [3.05, 3.63) is 0 Å². The van der Waals surface area contributed by atoms with Gasteiger partial charge in [-0.3, -0.25) is 48.3 Å². The van der Waals surface area contributed by atoms with Gasteiger partial charge in [-0.25, -0.2) is 0 Å². The maximum absolute atomic E-state index is 12.8. The number of carbonyl (C=O) groups is 7. The molecule has 0 fully saturated rings. The van der Waals surface area contributed by atoms with Crippen molar-refractivity contribution in [1.82, 2.24) is 20.0 Å². The Morgan fingerprint density at radius 3 is 1.53 bits per heavy atom. The molecule has 0 aromatic rings. The van der Waals surface area contributed by atoms with E-state index in [1.165, 1.54) is 34.6 Å². The van der Waals surface area contributed by atoms with E-state index in [4.69, 9.17) is 0 Å². The van der Waals surface area contributed by atoms with Gasteiger partial charge in [-0.2, -0.15) is 0 Å². The molecule has 0 aliphatic rings. The van der Waals surface area contributed by atoms with E-state index in [-0.39, 0.29) is 31.8 Å². The van der Waals surface area contributed by atoms with Crippen molar-refractivity contribution in [2.75, 3.05) is 13.1 Å². The number of carbonyl (C=O) groups excluding carboxylic acids is 7. The molecule has 0 radical (unpaired) electrons. The van der Waals surface area contributed by atoms with Crippen molar-refractivity contribution in [2.45, 2.75) is 79.8 Å². The number of hydrogen-bond donors (Lipinski definition) is 1. The molecule has 0 aromatic carbocycles. The van der Waals surface area contributed by atoms with Crippen LogP contribution in [0.5, 0.6) is 0 Å². The van der Waals surface area contributed by atoms with Gasteiger partial charge in [0.15, 0.2) is 0 Å². The summed E-state index contributed by atoms with van der Waals surface area (Å²) in [4.78, 5) is 86.8. The van der Waals surface area contributed by atoms with E-state index in [1.54, 1.807) is 13.8 Å². The third kappa shape index (κ3) is 9.36. The Morgan fingerprint density at radius 2 is 1.16 bits per heavy atom. The predicted octanol–water partition coefficient (Wildman–Crippen LogP) is 0.215. The Bertz CT molecular complexity index is 751. The summed E-state index contributed by atoms with van der Waals surface area (Å²) in [6.45, 7) is 9.27. The summed E-state index contributed by atoms with van der Waals surface area (Å²) in [5, 5.41) is 2.58. The van der Waals surface area contributed by atoms with Gasteiger partial charge in [-0.15, -0.1) is 0 Å². The average molecular weight is 455 g/mol. The SMILES string of the molecule is CCC(CN(C(C)=O)C(C)=O)N(C(C)=O)C(=O)CCC(=O)N(CC(C)NC(C)=O)C(C)=O. The molecule has 0 aliphatic heterocycles. The zero-order valence-electron chi connectivity index (χ0n) is 19.9. The largest absolute Gasteiger partial charge is 0.352 e. The highest BCUT2D eigenvalue weighted by atomic mass is 16.2. The summed E-state index contributed by atoms with van der Waals surface area (Å²) >= 11 is 0. The lowest BCUT2D eigenvalue weighted by atomic mass is 10.1. The molecule has 0 spiro atoms. The Labute approximate surface area is 188 Å².